The summed E-state index contributed by atoms with van der Waals surface area (Å²) in [7, 11) is 0. The molecule has 0 atom stereocenters. The van der Waals surface area contributed by atoms with Crippen LogP contribution in [0.5, 0.6) is 0 Å². The van der Waals surface area contributed by atoms with Gasteiger partial charge >= 0.3 is 5.97 Å². The van der Waals surface area contributed by atoms with Crippen molar-refractivity contribution >= 4 is 5.97 Å². The fraction of sp³-hybridized carbons (Fsp3) is 0.250. The highest BCUT2D eigenvalue weighted by molar-refractivity contribution is 5.88. The van der Waals surface area contributed by atoms with Crippen LogP contribution in [0.15, 0.2) is 24.5 Å². The molecule has 1 rings (SSSR count). The first-order valence-corrected chi connectivity index (χ1v) is 3.78. The highest BCUT2D eigenvalue weighted by atomic mass is 16.5. The van der Waals surface area contributed by atoms with E-state index in [4.69, 9.17) is 16.2 Å². The minimum atomic E-state index is -0.638. The highest BCUT2D eigenvalue weighted by Gasteiger charge is 2.06. The van der Waals surface area contributed by atoms with Crippen LogP contribution in [-0.4, -0.2) is 23.7 Å². The SMILES string of the molecule is NC(N)COC(=O)c1cccnc1. The average Bonchev–Trinajstić information content (AvgIpc) is 2.15. The zero-order chi connectivity index (χ0) is 9.68. The molecule has 1 aromatic heterocycles. The molecule has 1 heterocycles. The van der Waals surface area contributed by atoms with E-state index >= 15 is 0 Å². The molecule has 5 nitrogen and oxygen atoms in total. The zero-order valence-corrected chi connectivity index (χ0v) is 7.01. The molecule has 13 heavy (non-hydrogen) atoms. The molecule has 5 heteroatoms. The quantitative estimate of drug-likeness (QED) is 0.483. The minimum absolute atomic E-state index is 0.00767. The van der Waals surface area contributed by atoms with Crippen LogP contribution in [-0.2, 0) is 4.74 Å². The van der Waals surface area contributed by atoms with E-state index in [1.807, 2.05) is 0 Å². The van der Waals surface area contributed by atoms with Crippen molar-refractivity contribution in [3.05, 3.63) is 30.1 Å². The largest absolute Gasteiger partial charge is 0.459 e. The van der Waals surface area contributed by atoms with Crippen LogP contribution in [0.3, 0.4) is 0 Å². The average molecular weight is 181 g/mol. The van der Waals surface area contributed by atoms with Crippen LogP contribution in [0.25, 0.3) is 0 Å². The summed E-state index contributed by atoms with van der Waals surface area (Å²) in [4.78, 5) is 14.9. The lowest BCUT2D eigenvalue weighted by Gasteiger charge is -2.06. The number of hydrogen-bond donors (Lipinski definition) is 2. The highest BCUT2D eigenvalue weighted by Crippen LogP contribution is 1.98. The van der Waals surface area contributed by atoms with Crippen molar-refractivity contribution in [2.75, 3.05) is 6.61 Å². The number of esters is 1. The van der Waals surface area contributed by atoms with Crippen molar-refractivity contribution in [3.63, 3.8) is 0 Å². The third-order valence-electron chi connectivity index (χ3n) is 1.30. The predicted octanol–water partition coefficient (Wildman–Crippen LogP) is -0.518. The topological polar surface area (TPSA) is 91.2 Å². The van der Waals surface area contributed by atoms with Crippen LogP contribution in [0, 0.1) is 0 Å². The van der Waals surface area contributed by atoms with Gasteiger partial charge in [-0.2, -0.15) is 0 Å². The molecule has 0 fully saturated rings. The molecule has 0 unspecified atom stereocenters. The Hall–Kier alpha value is -1.46. The van der Waals surface area contributed by atoms with Gasteiger partial charge in [-0.05, 0) is 12.1 Å². The van der Waals surface area contributed by atoms with Gasteiger partial charge in [-0.3, -0.25) is 4.98 Å². The molecule has 0 aliphatic carbocycles. The Labute approximate surface area is 75.7 Å². The monoisotopic (exact) mass is 181 g/mol. The Morgan fingerprint density at radius 3 is 2.92 bits per heavy atom. The maximum atomic E-state index is 11.2. The summed E-state index contributed by atoms with van der Waals surface area (Å²) in [6, 6.07) is 3.26. The second-order valence-corrected chi connectivity index (χ2v) is 2.50. The summed E-state index contributed by atoms with van der Waals surface area (Å²) in [5.41, 5.74) is 10.8. The number of pyridine rings is 1. The molecular formula is C8H11N3O2. The summed E-state index contributed by atoms with van der Waals surface area (Å²) < 4.78 is 4.76. The first-order valence-electron chi connectivity index (χ1n) is 3.78. The van der Waals surface area contributed by atoms with E-state index in [0.717, 1.165) is 0 Å². The van der Waals surface area contributed by atoms with Crippen LogP contribution in [0.4, 0.5) is 0 Å². The van der Waals surface area contributed by atoms with Crippen LogP contribution < -0.4 is 11.5 Å². The van der Waals surface area contributed by atoms with E-state index < -0.39 is 12.1 Å². The maximum Gasteiger partial charge on any atom is 0.339 e. The predicted molar refractivity (Wildman–Crippen MR) is 46.7 cm³/mol. The Balaban J connectivity index is 2.50. The summed E-state index contributed by atoms with van der Waals surface area (Å²) >= 11 is 0. The van der Waals surface area contributed by atoms with Gasteiger partial charge in [0.15, 0.2) is 0 Å². The number of hydrogen-bond acceptors (Lipinski definition) is 5. The number of nitrogens with two attached hydrogens (primary N) is 2. The molecule has 0 amide bonds. The van der Waals surface area contributed by atoms with E-state index in [2.05, 4.69) is 4.98 Å². The summed E-state index contributed by atoms with van der Waals surface area (Å²) in [6.45, 7) is 0.00767. The first-order chi connectivity index (χ1) is 6.20. The van der Waals surface area contributed by atoms with Crippen LogP contribution in [0.1, 0.15) is 10.4 Å². The van der Waals surface area contributed by atoms with E-state index in [9.17, 15) is 4.79 Å². The third kappa shape index (κ3) is 3.18. The molecule has 0 spiro atoms. The molecule has 70 valence electrons. The van der Waals surface area contributed by atoms with Gasteiger partial charge in [0, 0.05) is 12.4 Å². The number of rotatable bonds is 3. The molecule has 0 aliphatic rings. The summed E-state index contributed by atoms with van der Waals surface area (Å²) in [5.74, 6) is -0.464. The minimum Gasteiger partial charge on any atom is -0.459 e. The van der Waals surface area contributed by atoms with E-state index in [0.29, 0.717) is 5.56 Å². The molecule has 0 aliphatic heterocycles. The Bertz CT molecular complexity index is 274. The van der Waals surface area contributed by atoms with Crippen LogP contribution in [0.2, 0.25) is 0 Å². The molecule has 0 aromatic carbocycles. The number of carbonyl (C=O) groups excluding carboxylic acids is 1. The Morgan fingerprint density at radius 2 is 2.38 bits per heavy atom. The van der Waals surface area contributed by atoms with Gasteiger partial charge in [0.1, 0.15) is 6.61 Å². The molecule has 1 aromatic rings. The molecule has 4 N–H and O–H groups in total. The van der Waals surface area contributed by atoms with Gasteiger partial charge in [-0.25, -0.2) is 4.79 Å². The van der Waals surface area contributed by atoms with Crippen LogP contribution >= 0.6 is 0 Å². The lowest BCUT2D eigenvalue weighted by Crippen LogP contribution is -2.36. The molecule has 0 saturated carbocycles. The van der Waals surface area contributed by atoms with E-state index in [1.54, 1.807) is 18.3 Å². The molecular weight excluding hydrogens is 170 g/mol. The van der Waals surface area contributed by atoms with Gasteiger partial charge in [-0.1, -0.05) is 0 Å². The van der Waals surface area contributed by atoms with Crippen molar-refractivity contribution in [3.8, 4) is 0 Å². The smallest absolute Gasteiger partial charge is 0.339 e. The number of nitrogens with zero attached hydrogens (tertiary/aromatic N) is 1. The Morgan fingerprint density at radius 1 is 1.62 bits per heavy atom. The van der Waals surface area contributed by atoms with Crippen molar-refractivity contribution in [2.24, 2.45) is 11.5 Å². The third-order valence-corrected chi connectivity index (χ3v) is 1.30. The standard InChI is InChI=1S/C8H11N3O2/c9-7(10)5-13-8(12)6-2-1-3-11-4-6/h1-4,7H,5,9-10H2. The fourth-order valence-corrected chi connectivity index (χ4v) is 0.739. The van der Waals surface area contributed by atoms with Gasteiger partial charge < -0.3 is 16.2 Å². The fourth-order valence-electron chi connectivity index (χ4n) is 0.739. The lowest BCUT2D eigenvalue weighted by molar-refractivity contribution is 0.0482. The summed E-state index contributed by atoms with van der Waals surface area (Å²) in [6.07, 6.45) is 2.36. The number of carbonyl (C=O) groups is 1. The molecule has 0 saturated heterocycles. The second kappa shape index (κ2) is 4.54. The van der Waals surface area contributed by atoms with Crippen molar-refractivity contribution < 1.29 is 9.53 Å². The van der Waals surface area contributed by atoms with Gasteiger partial charge in [0.05, 0.1) is 11.7 Å². The summed E-state index contributed by atoms with van der Waals surface area (Å²) in [5, 5.41) is 0. The van der Waals surface area contributed by atoms with Gasteiger partial charge in [0.25, 0.3) is 0 Å². The van der Waals surface area contributed by atoms with E-state index in [1.165, 1.54) is 6.20 Å². The second-order valence-electron chi connectivity index (χ2n) is 2.50. The Kier molecular flexibility index (Phi) is 3.36. The number of ether oxygens (including phenoxy) is 1. The van der Waals surface area contributed by atoms with Gasteiger partial charge in [-0.15, -0.1) is 0 Å². The first kappa shape index (κ1) is 9.63. The van der Waals surface area contributed by atoms with Crippen molar-refractivity contribution in [2.45, 2.75) is 6.17 Å². The molecule has 0 radical (unpaired) electrons. The molecule has 0 bridgehead atoms. The lowest BCUT2D eigenvalue weighted by atomic mass is 10.3. The normalized spacial score (nSPS) is 10.1. The van der Waals surface area contributed by atoms with Crippen molar-refractivity contribution in [1.29, 1.82) is 0 Å². The zero-order valence-electron chi connectivity index (χ0n) is 7.01. The van der Waals surface area contributed by atoms with E-state index in [-0.39, 0.29) is 6.61 Å². The van der Waals surface area contributed by atoms with Gasteiger partial charge in [0.2, 0.25) is 0 Å². The number of aromatic nitrogens is 1. The van der Waals surface area contributed by atoms with Crippen molar-refractivity contribution in [1.82, 2.24) is 4.98 Å². The maximum absolute atomic E-state index is 11.2.